The molecule has 0 aromatic rings. The molecule has 1 saturated heterocycles. The average molecular weight is 449 g/mol. The summed E-state index contributed by atoms with van der Waals surface area (Å²) in [6, 6.07) is 0. The third-order valence-electron chi connectivity index (χ3n) is 11.3. The van der Waals surface area contributed by atoms with E-state index in [4.69, 9.17) is 4.74 Å². The van der Waals surface area contributed by atoms with Gasteiger partial charge in [-0.1, -0.05) is 34.6 Å². The molecule has 5 aliphatic rings. The van der Waals surface area contributed by atoms with E-state index in [1.165, 1.54) is 6.42 Å². The van der Waals surface area contributed by atoms with Crippen LogP contribution in [0, 0.1) is 46.3 Å². The van der Waals surface area contributed by atoms with Crippen molar-refractivity contribution < 1.29 is 24.9 Å². The summed E-state index contributed by atoms with van der Waals surface area (Å²) < 4.78 is 6.69. The summed E-state index contributed by atoms with van der Waals surface area (Å²) in [5, 5.41) is 32.3. The number of hydrogen-bond donors (Lipinski definition) is 3. The molecule has 3 N–H and O–H groups in total. The zero-order valence-electron chi connectivity index (χ0n) is 20.6. The van der Waals surface area contributed by atoms with Crippen molar-refractivity contribution in [3.63, 3.8) is 0 Å². The smallest absolute Gasteiger partial charge is 0.165 e. The first kappa shape index (κ1) is 23.3. The Kier molecular flexibility index (Phi) is 5.45. The lowest BCUT2D eigenvalue weighted by Crippen LogP contribution is -2.69. The lowest BCUT2D eigenvalue weighted by Gasteiger charge is -2.63. The van der Waals surface area contributed by atoms with E-state index in [-0.39, 0.29) is 29.5 Å². The minimum Gasteiger partial charge on any atom is -0.390 e. The van der Waals surface area contributed by atoms with Gasteiger partial charge in [0.05, 0.1) is 24.4 Å². The maximum atomic E-state index is 13.4. The van der Waals surface area contributed by atoms with Crippen LogP contribution in [0.25, 0.3) is 0 Å². The number of aliphatic hydroxyl groups is 3. The van der Waals surface area contributed by atoms with Crippen LogP contribution in [0.2, 0.25) is 0 Å². The summed E-state index contributed by atoms with van der Waals surface area (Å²) in [5.74, 6) is 2.55. The molecular weight excluding hydrogens is 404 g/mol. The van der Waals surface area contributed by atoms with E-state index < -0.39 is 23.2 Å². The predicted octanol–water partition coefficient (Wildman–Crippen LogP) is 3.72. The Balaban J connectivity index is 1.41. The first-order chi connectivity index (χ1) is 14.9. The van der Waals surface area contributed by atoms with Crippen molar-refractivity contribution in [1.82, 2.24) is 0 Å². The van der Waals surface area contributed by atoms with Gasteiger partial charge in [0.1, 0.15) is 5.60 Å². The number of ketones is 1. The molecule has 4 aliphatic carbocycles. The summed E-state index contributed by atoms with van der Waals surface area (Å²) >= 11 is 0. The Labute approximate surface area is 193 Å². The molecule has 0 bridgehead atoms. The Morgan fingerprint density at radius 1 is 1.12 bits per heavy atom. The van der Waals surface area contributed by atoms with Crippen molar-refractivity contribution in [2.24, 2.45) is 46.3 Å². The van der Waals surface area contributed by atoms with Gasteiger partial charge in [-0.15, -0.1) is 0 Å². The topological polar surface area (TPSA) is 87.0 Å². The molecule has 0 aromatic heterocycles. The summed E-state index contributed by atoms with van der Waals surface area (Å²) in [6.45, 7) is 11.4. The van der Waals surface area contributed by atoms with Crippen LogP contribution in [0.3, 0.4) is 0 Å². The maximum Gasteiger partial charge on any atom is 0.165 e. The number of ether oxygens (including phenoxy) is 1. The fraction of sp³-hybridized carbons (Fsp3) is 0.963. The number of aliphatic hydroxyl groups excluding tert-OH is 2. The van der Waals surface area contributed by atoms with Gasteiger partial charge in [-0.05, 0) is 79.4 Å². The molecule has 5 rings (SSSR count). The Bertz CT molecular complexity index is 767. The molecule has 5 heteroatoms. The van der Waals surface area contributed by atoms with Gasteiger partial charge in [-0.25, -0.2) is 0 Å². The highest BCUT2D eigenvalue weighted by Gasteiger charge is 2.70. The zero-order chi connectivity index (χ0) is 23.2. The molecule has 1 aliphatic heterocycles. The molecule has 0 radical (unpaired) electrons. The molecule has 182 valence electrons. The van der Waals surface area contributed by atoms with Crippen LogP contribution >= 0.6 is 0 Å². The number of Topliss-reactive ketones (excluding diaryl/α,β-unsaturated/α-hetero) is 1. The van der Waals surface area contributed by atoms with Crippen molar-refractivity contribution in [2.45, 2.75) is 116 Å². The number of carbonyl (C=O) groups excluding carboxylic acids is 1. The SMILES string of the molecule is CC(C)CC[C@H]1O[C@H]2C[C@H]3[C@@H]4CC(=O)[C@@]5(O)C[C@H](O)[C@H](O)C[C@]5(C)[C@H]4CC[C@]3(C)[C@H]2[C@@H]1C. The van der Waals surface area contributed by atoms with Crippen LogP contribution in [-0.2, 0) is 9.53 Å². The van der Waals surface area contributed by atoms with Crippen molar-refractivity contribution in [1.29, 1.82) is 0 Å². The van der Waals surface area contributed by atoms with Gasteiger partial charge in [-0.2, -0.15) is 0 Å². The van der Waals surface area contributed by atoms with Crippen LogP contribution in [-0.4, -0.2) is 51.1 Å². The monoisotopic (exact) mass is 448 g/mol. The van der Waals surface area contributed by atoms with E-state index in [1.54, 1.807) is 0 Å². The van der Waals surface area contributed by atoms with Crippen LogP contribution in [0.4, 0.5) is 0 Å². The highest BCUT2D eigenvalue weighted by molar-refractivity contribution is 5.89. The normalized spacial score (nSPS) is 57.2. The molecule has 5 nitrogen and oxygen atoms in total. The van der Waals surface area contributed by atoms with Crippen molar-refractivity contribution in [3.8, 4) is 0 Å². The van der Waals surface area contributed by atoms with Gasteiger partial charge in [0, 0.05) is 18.3 Å². The summed E-state index contributed by atoms with van der Waals surface area (Å²) in [7, 11) is 0. The van der Waals surface area contributed by atoms with E-state index >= 15 is 0 Å². The molecule has 4 saturated carbocycles. The summed E-state index contributed by atoms with van der Waals surface area (Å²) in [4.78, 5) is 13.4. The van der Waals surface area contributed by atoms with Crippen molar-refractivity contribution >= 4 is 5.78 Å². The molecule has 12 atom stereocenters. The Hall–Kier alpha value is -0.490. The van der Waals surface area contributed by atoms with E-state index in [9.17, 15) is 20.1 Å². The first-order valence-corrected chi connectivity index (χ1v) is 13.2. The molecule has 5 fully saturated rings. The molecule has 0 amide bonds. The summed E-state index contributed by atoms with van der Waals surface area (Å²) in [5.41, 5.74) is -2.01. The van der Waals surface area contributed by atoms with E-state index in [2.05, 4.69) is 27.7 Å². The Morgan fingerprint density at radius 2 is 1.81 bits per heavy atom. The van der Waals surface area contributed by atoms with E-state index in [0.29, 0.717) is 48.7 Å². The predicted molar refractivity (Wildman–Crippen MR) is 122 cm³/mol. The zero-order valence-corrected chi connectivity index (χ0v) is 20.6. The third kappa shape index (κ3) is 2.99. The van der Waals surface area contributed by atoms with Gasteiger partial charge in [-0.3, -0.25) is 4.79 Å². The number of fused-ring (bicyclic) bond motifs is 7. The lowest BCUT2D eigenvalue weighted by molar-refractivity contribution is -0.230. The summed E-state index contributed by atoms with van der Waals surface area (Å²) in [6.07, 6.45) is 4.90. The van der Waals surface area contributed by atoms with Crippen LogP contribution in [0.1, 0.15) is 86.0 Å². The van der Waals surface area contributed by atoms with Crippen LogP contribution in [0.15, 0.2) is 0 Å². The molecular formula is C27H44O5. The lowest BCUT2D eigenvalue weighted by atomic mass is 9.42. The third-order valence-corrected chi connectivity index (χ3v) is 11.3. The number of rotatable bonds is 3. The molecule has 32 heavy (non-hydrogen) atoms. The second-order valence-electron chi connectivity index (χ2n) is 13.2. The largest absolute Gasteiger partial charge is 0.390 e. The highest BCUT2D eigenvalue weighted by atomic mass is 16.5. The second kappa shape index (κ2) is 7.50. The van der Waals surface area contributed by atoms with E-state index in [0.717, 1.165) is 25.7 Å². The van der Waals surface area contributed by atoms with Crippen LogP contribution in [0.5, 0.6) is 0 Å². The van der Waals surface area contributed by atoms with Crippen molar-refractivity contribution in [2.75, 3.05) is 0 Å². The number of carbonyl (C=O) groups is 1. The second-order valence-corrected chi connectivity index (χ2v) is 13.2. The molecule has 0 aromatic carbocycles. The van der Waals surface area contributed by atoms with Crippen molar-refractivity contribution in [3.05, 3.63) is 0 Å². The number of hydrogen-bond acceptors (Lipinski definition) is 5. The minimum absolute atomic E-state index is 0.0302. The quantitative estimate of drug-likeness (QED) is 0.613. The fourth-order valence-corrected chi connectivity index (χ4v) is 9.56. The van der Waals surface area contributed by atoms with Gasteiger partial charge < -0.3 is 20.1 Å². The first-order valence-electron chi connectivity index (χ1n) is 13.2. The average Bonchev–Trinajstić information content (AvgIpc) is 3.18. The van der Waals surface area contributed by atoms with Gasteiger partial charge >= 0.3 is 0 Å². The minimum atomic E-state index is -1.51. The van der Waals surface area contributed by atoms with E-state index in [1.807, 2.05) is 6.92 Å². The molecule has 1 heterocycles. The highest BCUT2D eigenvalue weighted by Crippen LogP contribution is 2.70. The van der Waals surface area contributed by atoms with Gasteiger partial charge in [0.2, 0.25) is 0 Å². The standard InChI is InChI=1S/C27H44O5/c1-14(2)6-7-21-15(3)24-22(32-21)11-18-16-10-23(30)27(31)13-20(29)19(28)12-26(27,5)17(16)8-9-25(18,24)4/h14-22,24,28-29,31H,6-13H2,1-5H3/t15-,16-,17+,18+,19-,20+,21-,22+,24+,25+,26-,27+/m1/s1. The molecule has 0 unspecified atom stereocenters. The molecule has 0 spiro atoms. The Morgan fingerprint density at radius 3 is 2.50 bits per heavy atom. The van der Waals surface area contributed by atoms with Gasteiger partial charge in [0.25, 0.3) is 0 Å². The fourth-order valence-electron chi connectivity index (χ4n) is 9.56. The van der Waals surface area contributed by atoms with Crippen LogP contribution < -0.4 is 0 Å². The maximum absolute atomic E-state index is 13.4. The van der Waals surface area contributed by atoms with Gasteiger partial charge in [0.15, 0.2) is 5.78 Å².